The Balaban J connectivity index is 2.44. The molecule has 0 aromatic heterocycles. The lowest BCUT2D eigenvalue weighted by atomic mass is 10.1. The van der Waals surface area contributed by atoms with Gasteiger partial charge in [-0.15, -0.1) is 0 Å². The van der Waals surface area contributed by atoms with E-state index in [-0.39, 0.29) is 33.3 Å². The smallest absolute Gasteiger partial charge is 0.311 e. The van der Waals surface area contributed by atoms with E-state index in [1.165, 1.54) is 63.0 Å². The molecule has 0 aliphatic rings. The largest absolute Gasteiger partial charge is 0.607 e. The van der Waals surface area contributed by atoms with Crippen molar-refractivity contribution in [1.82, 2.24) is 0 Å². The molecule has 0 spiro atoms. The van der Waals surface area contributed by atoms with Crippen molar-refractivity contribution >= 4 is 39.3 Å². The average Bonchev–Trinajstić information content (AvgIpc) is 2.74. The van der Waals surface area contributed by atoms with Gasteiger partial charge in [0.15, 0.2) is 22.2 Å². The summed E-state index contributed by atoms with van der Waals surface area (Å²) < 4.78 is 22.8. The highest BCUT2D eigenvalue weighted by atomic mass is 32.2. The van der Waals surface area contributed by atoms with Crippen molar-refractivity contribution in [3.05, 3.63) is 79.2 Å². The molecule has 1 unspecified atom stereocenters. The van der Waals surface area contributed by atoms with E-state index in [9.17, 15) is 29.6 Å². The van der Waals surface area contributed by atoms with Crippen LogP contribution in [0.25, 0.3) is 11.0 Å². The van der Waals surface area contributed by atoms with Crippen molar-refractivity contribution in [2.45, 2.75) is 6.92 Å². The fourth-order valence-corrected chi connectivity index (χ4v) is 3.66. The van der Waals surface area contributed by atoms with Crippen LogP contribution in [0.15, 0.2) is 47.9 Å². The zero-order chi connectivity index (χ0) is 23.1. The number of nitro groups is 2. The molecule has 1 atom stereocenters. The van der Waals surface area contributed by atoms with Crippen LogP contribution in [0.1, 0.15) is 18.1 Å². The first-order valence-corrected chi connectivity index (χ1v) is 9.85. The van der Waals surface area contributed by atoms with E-state index in [0.717, 1.165) is 12.1 Å². The molecule has 10 nitrogen and oxygen atoms in total. The van der Waals surface area contributed by atoms with Gasteiger partial charge in [0.05, 0.1) is 24.1 Å². The Labute approximate surface area is 180 Å². The second-order valence-electron chi connectivity index (χ2n) is 6.05. The maximum Gasteiger partial charge on any atom is 0.311 e. The zero-order valence-corrected chi connectivity index (χ0v) is 17.6. The molecule has 2 aromatic rings. The van der Waals surface area contributed by atoms with Gasteiger partial charge in [-0.2, -0.15) is 0 Å². The van der Waals surface area contributed by atoms with Gasteiger partial charge in [0.25, 0.3) is 0 Å². The number of rotatable bonds is 9. The minimum atomic E-state index is -1.89. The minimum Gasteiger partial charge on any atom is -0.607 e. The first kappa shape index (κ1) is 23.6. The Hall–Kier alpha value is -3.70. The van der Waals surface area contributed by atoms with Crippen molar-refractivity contribution in [3.63, 3.8) is 0 Å². The third-order valence-corrected chi connectivity index (χ3v) is 5.17. The van der Waals surface area contributed by atoms with Crippen LogP contribution in [-0.4, -0.2) is 34.4 Å². The third-order valence-electron chi connectivity index (χ3n) is 3.99. The maximum atomic E-state index is 12.9. The Morgan fingerprint density at radius 2 is 1.52 bits per heavy atom. The molecule has 0 heterocycles. The van der Waals surface area contributed by atoms with Crippen molar-refractivity contribution in [1.29, 1.82) is 0 Å². The van der Waals surface area contributed by atoms with Crippen LogP contribution in [0.3, 0.4) is 0 Å². The molecule has 31 heavy (non-hydrogen) atoms. The van der Waals surface area contributed by atoms with Gasteiger partial charge < -0.3 is 14.0 Å². The van der Waals surface area contributed by atoms with Gasteiger partial charge in [0.2, 0.25) is 0 Å². The van der Waals surface area contributed by atoms with Crippen LogP contribution in [0, 0.1) is 20.2 Å². The number of hydrogen-bond acceptors (Lipinski definition) is 8. The van der Waals surface area contributed by atoms with Gasteiger partial charge in [-0.25, -0.2) is 0 Å². The third kappa shape index (κ3) is 5.90. The lowest BCUT2D eigenvalue weighted by molar-refractivity contribution is -0.385. The zero-order valence-electron chi connectivity index (χ0n) is 16.8. The number of methoxy groups -OCH3 is 2. The highest BCUT2D eigenvalue weighted by Gasteiger charge is 2.22. The number of ether oxygens (including phenoxy) is 2. The molecule has 0 bridgehead atoms. The molecule has 0 saturated carbocycles. The van der Waals surface area contributed by atoms with E-state index in [1.807, 2.05) is 0 Å². The van der Waals surface area contributed by atoms with Gasteiger partial charge in [-0.1, -0.05) is 6.07 Å². The second-order valence-corrected chi connectivity index (χ2v) is 7.36. The van der Waals surface area contributed by atoms with Crippen molar-refractivity contribution in [2.24, 2.45) is 0 Å². The molecule has 2 rings (SSSR count). The number of carbonyl (C=O) groups is 1. The summed E-state index contributed by atoms with van der Waals surface area (Å²) >= 11 is -1.89. The lowest BCUT2D eigenvalue weighted by Crippen LogP contribution is -2.03. The molecule has 0 saturated heterocycles. The van der Waals surface area contributed by atoms with Crippen LogP contribution < -0.4 is 9.47 Å². The molecule has 11 heteroatoms. The van der Waals surface area contributed by atoms with Crippen molar-refractivity contribution in [2.75, 3.05) is 14.2 Å². The van der Waals surface area contributed by atoms with Crippen molar-refractivity contribution in [3.8, 4) is 11.5 Å². The van der Waals surface area contributed by atoms with Crippen LogP contribution in [0.5, 0.6) is 11.5 Å². The number of nitrogens with zero attached hydrogens (tertiary/aromatic N) is 2. The van der Waals surface area contributed by atoms with Gasteiger partial charge in [-0.05, 0) is 36.8 Å². The average molecular weight is 446 g/mol. The first-order chi connectivity index (χ1) is 14.7. The summed E-state index contributed by atoms with van der Waals surface area (Å²) in [6.45, 7) is 1.26. The predicted octanol–water partition coefficient (Wildman–Crippen LogP) is 3.87. The van der Waals surface area contributed by atoms with Crippen molar-refractivity contribution < 1.29 is 28.7 Å². The molecule has 2 aromatic carbocycles. The van der Waals surface area contributed by atoms with E-state index in [0.29, 0.717) is 5.56 Å². The van der Waals surface area contributed by atoms with E-state index in [2.05, 4.69) is 0 Å². The summed E-state index contributed by atoms with van der Waals surface area (Å²) in [5.41, 5.74) is -0.0305. The standard InChI is InChI=1S/C20H18N2O8S/c1-13(23)10-20(15-5-7-19(30-3)17(12-15)22(26)27)31(28)9-8-14-4-6-18(29-2)16(11-14)21(24)25/h4-12H,1-3H3/b9-8?,20-10-. The van der Waals surface area contributed by atoms with Gasteiger partial charge >= 0.3 is 11.4 Å². The van der Waals surface area contributed by atoms with Gasteiger partial charge in [-0.3, -0.25) is 25.0 Å². The summed E-state index contributed by atoms with van der Waals surface area (Å²) in [6, 6.07) is 8.14. The van der Waals surface area contributed by atoms with Crippen LogP contribution >= 0.6 is 0 Å². The topological polar surface area (TPSA) is 145 Å². The Morgan fingerprint density at radius 1 is 0.968 bits per heavy atom. The highest BCUT2D eigenvalue weighted by molar-refractivity contribution is 8.03. The Kier molecular flexibility index (Phi) is 7.88. The number of benzene rings is 2. The quantitative estimate of drug-likeness (QED) is 0.244. The van der Waals surface area contributed by atoms with E-state index in [1.54, 1.807) is 0 Å². The molecule has 0 fully saturated rings. The molecule has 0 radical (unpaired) electrons. The summed E-state index contributed by atoms with van der Waals surface area (Å²) in [6.07, 6.45) is 2.50. The summed E-state index contributed by atoms with van der Waals surface area (Å²) in [4.78, 5) is 32.9. The highest BCUT2D eigenvalue weighted by Crippen LogP contribution is 2.33. The Bertz CT molecular complexity index is 1080. The minimum absolute atomic E-state index is 0.0165. The molecular formula is C20H18N2O8S. The normalized spacial score (nSPS) is 12.5. The van der Waals surface area contributed by atoms with E-state index < -0.39 is 26.8 Å². The molecule has 0 aliphatic carbocycles. The van der Waals surface area contributed by atoms with Crippen LogP contribution in [-0.2, 0) is 16.0 Å². The van der Waals surface area contributed by atoms with Gasteiger partial charge in [0.1, 0.15) is 5.41 Å². The number of hydrogen-bond donors (Lipinski definition) is 0. The monoisotopic (exact) mass is 446 g/mol. The molecule has 0 N–H and O–H groups in total. The second kappa shape index (κ2) is 10.4. The lowest BCUT2D eigenvalue weighted by Gasteiger charge is -2.11. The summed E-state index contributed by atoms with van der Waals surface area (Å²) in [5, 5.41) is 23.7. The molecule has 162 valence electrons. The molecule has 0 amide bonds. The summed E-state index contributed by atoms with van der Waals surface area (Å²) in [7, 11) is 2.59. The number of ketones is 1. The summed E-state index contributed by atoms with van der Waals surface area (Å²) in [5.74, 6) is -0.316. The van der Waals surface area contributed by atoms with Gasteiger partial charge in [0, 0.05) is 34.9 Å². The van der Waals surface area contributed by atoms with Crippen LogP contribution in [0.4, 0.5) is 11.4 Å². The number of allylic oxidation sites excluding steroid dienone is 1. The number of carbonyl (C=O) groups excluding carboxylic acids is 1. The maximum absolute atomic E-state index is 12.9. The SMILES string of the molecule is COc1ccc(C=C[S+]([O-])/C(=C\C(C)=O)c2ccc(OC)c([N+](=O)[O-])c2)cc1[N+](=O)[O-]. The van der Waals surface area contributed by atoms with E-state index >= 15 is 0 Å². The first-order valence-electron chi connectivity index (χ1n) is 8.64. The van der Waals surface area contributed by atoms with Crippen LogP contribution in [0.2, 0.25) is 0 Å². The molecule has 0 aliphatic heterocycles. The number of nitro benzene ring substituents is 2. The predicted molar refractivity (Wildman–Crippen MR) is 115 cm³/mol. The fourth-order valence-electron chi connectivity index (χ4n) is 2.60. The fraction of sp³-hybridized carbons (Fsp3) is 0.150. The van der Waals surface area contributed by atoms with E-state index in [4.69, 9.17) is 9.47 Å². The Morgan fingerprint density at radius 3 is 2.03 bits per heavy atom. The molecular weight excluding hydrogens is 428 g/mol.